The van der Waals surface area contributed by atoms with Crippen LogP contribution in [0, 0.1) is 11.8 Å². The summed E-state index contributed by atoms with van der Waals surface area (Å²) in [6, 6.07) is 8.29. The van der Waals surface area contributed by atoms with Crippen molar-refractivity contribution in [2.45, 2.75) is 38.8 Å². The molecule has 1 aliphatic carbocycles. The van der Waals surface area contributed by atoms with E-state index in [9.17, 15) is 9.59 Å². The van der Waals surface area contributed by atoms with Crippen molar-refractivity contribution >= 4 is 11.8 Å². The molecule has 2 aliphatic rings. The maximum Gasteiger partial charge on any atom is 0.225 e. The smallest absolute Gasteiger partial charge is 0.225 e. The van der Waals surface area contributed by atoms with E-state index in [0.29, 0.717) is 12.5 Å². The van der Waals surface area contributed by atoms with Gasteiger partial charge in [0.25, 0.3) is 0 Å². The van der Waals surface area contributed by atoms with Crippen LogP contribution in [0.1, 0.15) is 36.8 Å². The van der Waals surface area contributed by atoms with E-state index in [1.807, 2.05) is 15.7 Å². The molecule has 2 fully saturated rings. The summed E-state index contributed by atoms with van der Waals surface area (Å²) in [5.74, 6) is 0.696. The molecule has 1 aromatic heterocycles. The third-order valence-electron chi connectivity index (χ3n) is 5.52. The minimum Gasteiger partial charge on any atom is -0.352 e. The van der Waals surface area contributed by atoms with Gasteiger partial charge in [-0.25, -0.2) is 4.98 Å². The van der Waals surface area contributed by atoms with Gasteiger partial charge in [0, 0.05) is 50.4 Å². The number of carbonyl (C=O) groups excluding carboxylic acids is 2. The Morgan fingerprint density at radius 3 is 2.33 bits per heavy atom. The van der Waals surface area contributed by atoms with E-state index in [0.717, 1.165) is 50.9 Å². The maximum absolute atomic E-state index is 12.4. The highest BCUT2D eigenvalue weighted by atomic mass is 16.2. The van der Waals surface area contributed by atoms with Gasteiger partial charge in [-0.15, -0.1) is 0 Å². The van der Waals surface area contributed by atoms with Crippen molar-refractivity contribution in [3.63, 3.8) is 0 Å². The van der Waals surface area contributed by atoms with Gasteiger partial charge in [0.05, 0.1) is 6.33 Å². The number of benzene rings is 1. The first-order chi connectivity index (χ1) is 13.2. The fourth-order valence-electron chi connectivity index (χ4n) is 3.64. The van der Waals surface area contributed by atoms with E-state index < -0.39 is 0 Å². The number of hydrogen-bond acceptors (Lipinski definition) is 3. The number of amides is 2. The number of hydrogen-bond donors (Lipinski definition) is 1. The average Bonchev–Trinajstić information content (AvgIpc) is 3.44. The molecule has 6 heteroatoms. The number of aromatic nitrogens is 2. The number of likely N-dealkylation sites (tertiary alicyclic amines) is 1. The molecule has 0 atom stereocenters. The first-order valence-electron chi connectivity index (χ1n) is 9.79. The Kier molecular flexibility index (Phi) is 5.23. The zero-order valence-corrected chi connectivity index (χ0v) is 15.5. The third kappa shape index (κ3) is 4.56. The number of nitrogens with zero attached hydrogens (tertiary/aromatic N) is 3. The summed E-state index contributed by atoms with van der Waals surface area (Å²) < 4.78 is 2.02. The zero-order valence-electron chi connectivity index (χ0n) is 15.5. The largest absolute Gasteiger partial charge is 0.352 e. The molecule has 6 nitrogen and oxygen atoms in total. The Morgan fingerprint density at radius 2 is 1.70 bits per heavy atom. The molecule has 0 radical (unpaired) electrons. The van der Waals surface area contributed by atoms with E-state index in [1.165, 1.54) is 5.56 Å². The van der Waals surface area contributed by atoms with E-state index in [1.54, 1.807) is 12.5 Å². The monoisotopic (exact) mass is 366 g/mol. The van der Waals surface area contributed by atoms with Gasteiger partial charge in [0.1, 0.15) is 0 Å². The van der Waals surface area contributed by atoms with Crippen LogP contribution in [0.15, 0.2) is 43.0 Å². The minimum atomic E-state index is 0.0220. The highest BCUT2D eigenvalue weighted by Gasteiger charge is 2.35. The average molecular weight is 366 g/mol. The number of carbonyl (C=O) groups is 2. The van der Waals surface area contributed by atoms with Crippen molar-refractivity contribution < 1.29 is 9.59 Å². The first-order valence-corrected chi connectivity index (χ1v) is 9.79. The van der Waals surface area contributed by atoms with E-state index in [4.69, 9.17) is 0 Å². The summed E-state index contributed by atoms with van der Waals surface area (Å²) in [4.78, 5) is 30.5. The van der Waals surface area contributed by atoms with Gasteiger partial charge < -0.3 is 14.8 Å². The molecule has 1 saturated heterocycles. The second-order valence-corrected chi connectivity index (χ2v) is 7.64. The minimum absolute atomic E-state index is 0.0220. The molecule has 2 heterocycles. The molecule has 142 valence electrons. The van der Waals surface area contributed by atoms with Crippen molar-refractivity contribution in [1.29, 1.82) is 0 Å². The summed E-state index contributed by atoms with van der Waals surface area (Å²) in [7, 11) is 0. The molecule has 0 spiro atoms. The van der Waals surface area contributed by atoms with E-state index in [-0.39, 0.29) is 17.7 Å². The van der Waals surface area contributed by atoms with Crippen molar-refractivity contribution in [3.05, 3.63) is 54.1 Å². The SMILES string of the molecule is O=C(NCc1ccc(Cn2ccnc2)cc1)C1CCN(C(=O)C2CC2)CC1. The van der Waals surface area contributed by atoms with Crippen LogP contribution in [0.3, 0.4) is 0 Å². The molecular formula is C21H26N4O2. The topological polar surface area (TPSA) is 67.2 Å². The number of rotatable bonds is 6. The third-order valence-corrected chi connectivity index (χ3v) is 5.52. The Balaban J connectivity index is 1.21. The second kappa shape index (κ2) is 7.94. The van der Waals surface area contributed by atoms with Gasteiger partial charge in [-0.3, -0.25) is 9.59 Å². The normalized spacial score (nSPS) is 17.7. The fourth-order valence-corrected chi connectivity index (χ4v) is 3.64. The number of imidazole rings is 1. The number of nitrogens with one attached hydrogen (secondary N) is 1. The lowest BCUT2D eigenvalue weighted by atomic mass is 9.95. The van der Waals surface area contributed by atoms with Gasteiger partial charge in [-0.05, 0) is 36.8 Å². The van der Waals surface area contributed by atoms with Crippen LogP contribution in [0.4, 0.5) is 0 Å². The van der Waals surface area contributed by atoms with Crippen molar-refractivity contribution in [2.75, 3.05) is 13.1 Å². The fraction of sp³-hybridized carbons (Fsp3) is 0.476. The standard InChI is InChI=1S/C21H26N4O2/c26-20(18-7-10-25(11-8-18)21(27)19-5-6-19)23-13-16-1-3-17(4-2-16)14-24-12-9-22-15-24/h1-4,9,12,15,18-19H,5-8,10-11,13-14H2,(H,23,26). The van der Waals surface area contributed by atoms with E-state index in [2.05, 4.69) is 34.6 Å². The molecular weight excluding hydrogens is 340 g/mol. The molecule has 0 unspecified atom stereocenters. The molecule has 4 rings (SSSR count). The highest BCUT2D eigenvalue weighted by Crippen LogP contribution is 2.32. The molecule has 27 heavy (non-hydrogen) atoms. The Hall–Kier alpha value is -2.63. The van der Waals surface area contributed by atoms with E-state index >= 15 is 0 Å². The summed E-state index contributed by atoms with van der Waals surface area (Å²) in [5, 5.41) is 3.06. The number of piperidine rings is 1. The quantitative estimate of drug-likeness (QED) is 0.852. The van der Waals surface area contributed by atoms with Crippen molar-refractivity contribution in [1.82, 2.24) is 19.8 Å². The summed E-state index contributed by atoms with van der Waals surface area (Å²) in [6.45, 7) is 2.78. The van der Waals surface area contributed by atoms with Crippen LogP contribution in [0.2, 0.25) is 0 Å². The summed E-state index contributed by atoms with van der Waals surface area (Å²) in [6.07, 6.45) is 9.15. The molecule has 2 aromatic rings. The van der Waals surface area contributed by atoms with Crippen molar-refractivity contribution in [3.8, 4) is 0 Å². The van der Waals surface area contributed by atoms with Gasteiger partial charge in [-0.2, -0.15) is 0 Å². The maximum atomic E-state index is 12.4. The molecule has 1 saturated carbocycles. The van der Waals surface area contributed by atoms with Gasteiger partial charge in [0.15, 0.2) is 0 Å². The second-order valence-electron chi connectivity index (χ2n) is 7.64. The Labute approximate surface area is 159 Å². The zero-order chi connectivity index (χ0) is 18.6. The lowest BCUT2D eigenvalue weighted by Crippen LogP contribution is -2.43. The van der Waals surface area contributed by atoms with Crippen LogP contribution in [-0.4, -0.2) is 39.4 Å². The van der Waals surface area contributed by atoms with Crippen LogP contribution < -0.4 is 5.32 Å². The molecule has 0 bridgehead atoms. The summed E-state index contributed by atoms with van der Waals surface area (Å²) >= 11 is 0. The lowest BCUT2D eigenvalue weighted by Gasteiger charge is -2.31. The molecule has 1 N–H and O–H groups in total. The van der Waals surface area contributed by atoms with Crippen LogP contribution in [0.5, 0.6) is 0 Å². The Bertz CT molecular complexity index is 773. The molecule has 1 aliphatic heterocycles. The lowest BCUT2D eigenvalue weighted by molar-refractivity contribution is -0.136. The first kappa shape index (κ1) is 17.8. The van der Waals surface area contributed by atoms with Crippen LogP contribution in [0.25, 0.3) is 0 Å². The van der Waals surface area contributed by atoms with Crippen LogP contribution >= 0.6 is 0 Å². The molecule has 1 aromatic carbocycles. The van der Waals surface area contributed by atoms with Gasteiger partial charge >= 0.3 is 0 Å². The van der Waals surface area contributed by atoms with Crippen LogP contribution in [-0.2, 0) is 22.7 Å². The van der Waals surface area contributed by atoms with Gasteiger partial charge in [0.2, 0.25) is 11.8 Å². The van der Waals surface area contributed by atoms with Crippen molar-refractivity contribution in [2.24, 2.45) is 11.8 Å². The summed E-state index contributed by atoms with van der Waals surface area (Å²) in [5.41, 5.74) is 2.30. The van der Waals surface area contributed by atoms with Gasteiger partial charge in [-0.1, -0.05) is 24.3 Å². The Morgan fingerprint density at radius 1 is 1.00 bits per heavy atom. The predicted octanol–water partition coefficient (Wildman–Crippen LogP) is 2.20. The highest BCUT2D eigenvalue weighted by molar-refractivity contribution is 5.82. The molecule has 2 amide bonds. The predicted molar refractivity (Wildman–Crippen MR) is 102 cm³/mol.